The molecule has 0 fully saturated rings. The minimum atomic E-state index is -0.205. The van der Waals surface area contributed by atoms with Crippen LogP contribution in [0.25, 0.3) is 11.3 Å². The van der Waals surface area contributed by atoms with Crippen LogP contribution in [0.2, 0.25) is 5.02 Å². The third kappa shape index (κ3) is 2.82. The second-order valence-electron chi connectivity index (χ2n) is 5.98. The molecular weight excluding hydrogens is 338 g/mol. The number of imidazole rings is 1. The van der Waals surface area contributed by atoms with Gasteiger partial charge >= 0.3 is 0 Å². The molecule has 4 rings (SSSR count). The minimum absolute atomic E-state index is 0.205. The van der Waals surface area contributed by atoms with Gasteiger partial charge in [0.2, 0.25) is 5.95 Å². The van der Waals surface area contributed by atoms with Crippen molar-refractivity contribution in [2.75, 3.05) is 11.4 Å². The summed E-state index contributed by atoms with van der Waals surface area (Å²) >= 11 is 6.21. The molecule has 6 nitrogen and oxygen atoms in total. The molecule has 0 spiro atoms. The fourth-order valence-electron chi connectivity index (χ4n) is 3.06. The van der Waals surface area contributed by atoms with E-state index in [2.05, 4.69) is 5.10 Å². The van der Waals surface area contributed by atoms with Crippen LogP contribution in [-0.2, 0) is 13.1 Å². The van der Waals surface area contributed by atoms with Crippen LogP contribution in [0.5, 0.6) is 0 Å². The Morgan fingerprint density at radius 3 is 2.72 bits per heavy atom. The van der Waals surface area contributed by atoms with Crippen LogP contribution in [0.4, 0.5) is 5.95 Å². The maximum absolute atomic E-state index is 13.0. The van der Waals surface area contributed by atoms with Gasteiger partial charge in [0.25, 0.3) is 5.91 Å². The number of hydrogen-bond donors (Lipinski definition) is 0. The van der Waals surface area contributed by atoms with Crippen molar-refractivity contribution in [3.8, 4) is 11.3 Å². The van der Waals surface area contributed by atoms with Crippen molar-refractivity contribution in [3.63, 3.8) is 0 Å². The first-order valence-electron chi connectivity index (χ1n) is 8.34. The van der Waals surface area contributed by atoms with Crippen LogP contribution in [0, 0.1) is 0 Å². The van der Waals surface area contributed by atoms with Crippen molar-refractivity contribution in [1.82, 2.24) is 19.3 Å². The lowest BCUT2D eigenvalue weighted by Gasteiger charge is -2.26. The summed E-state index contributed by atoms with van der Waals surface area (Å²) in [4.78, 5) is 19.3. The monoisotopic (exact) mass is 355 g/mol. The Kier molecular flexibility index (Phi) is 4.05. The third-order valence-electron chi connectivity index (χ3n) is 4.34. The van der Waals surface area contributed by atoms with E-state index in [1.807, 2.05) is 48.0 Å². The summed E-state index contributed by atoms with van der Waals surface area (Å²) in [7, 11) is 0. The van der Waals surface area contributed by atoms with E-state index in [-0.39, 0.29) is 11.6 Å². The molecule has 0 N–H and O–H groups in total. The summed E-state index contributed by atoms with van der Waals surface area (Å²) in [5, 5.41) is 4.67. The molecule has 0 bridgehead atoms. The van der Waals surface area contributed by atoms with Crippen LogP contribution < -0.4 is 4.90 Å². The van der Waals surface area contributed by atoms with Gasteiger partial charge in [0.15, 0.2) is 5.69 Å². The van der Waals surface area contributed by atoms with Gasteiger partial charge in [0.1, 0.15) is 0 Å². The number of anilines is 1. The summed E-state index contributed by atoms with van der Waals surface area (Å²) < 4.78 is 3.69. The first-order chi connectivity index (χ1) is 12.2. The summed E-state index contributed by atoms with van der Waals surface area (Å²) in [5.41, 5.74) is 2.17. The van der Waals surface area contributed by atoms with Gasteiger partial charge in [-0.05, 0) is 13.3 Å². The van der Waals surface area contributed by atoms with E-state index in [1.54, 1.807) is 15.8 Å². The largest absolute Gasteiger partial charge is 0.316 e. The number of rotatable bonds is 3. The first-order valence-corrected chi connectivity index (χ1v) is 8.72. The lowest BCUT2D eigenvalue weighted by atomic mass is 10.2. The number of carbonyl (C=O) groups is 1. The molecule has 128 valence electrons. The van der Waals surface area contributed by atoms with E-state index in [0.29, 0.717) is 24.1 Å². The van der Waals surface area contributed by atoms with E-state index >= 15 is 0 Å². The van der Waals surface area contributed by atoms with Gasteiger partial charge in [-0.1, -0.05) is 41.9 Å². The van der Waals surface area contributed by atoms with Crippen LogP contribution in [-0.4, -0.2) is 31.8 Å². The lowest BCUT2D eigenvalue weighted by molar-refractivity contribution is 0.0975. The minimum Gasteiger partial charge on any atom is -0.316 e. The standard InChI is InChI=1S/C18H18ClN5O/c1-2-23-11-14(19)16(21-23)17(25)24-10-6-9-22-12-15(20-18(22)24)13-7-4-3-5-8-13/h3-5,7-8,11-12H,2,6,9-10H2,1H3. The molecule has 1 aliphatic heterocycles. The van der Waals surface area contributed by atoms with Crippen molar-refractivity contribution in [2.45, 2.75) is 26.4 Å². The molecular formula is C18H18ClN5O. The van der Waals surface area contributed by atoms with E-state index in [1.165, 1.54) is 0 Å². The molecule has 0 unspecified atom stereocenters. The number of carbonyl (C=O) groups excluding carboxylic acids is 1. The first kappa shape index (κ1) is 15.9. The number of aryl methyl sites for hydroxylation is 2. The third-order valence-corrected chi connectivity index (χ3v) is 4.61. The van der Waals surface area contributed by atoms with E-state index < -0.39 is 0 Å². The lowest BCUT2D eigenvalue weighted by Crippen LogP contribution is -2.38. The van der Waals surface area contributed by atoms with Crippen molar-refractivity contribution in [3.05, 3.63) is 53.4 Å². The molecule has 1 aliphatic rings. The topological polar surface area (TPSA) is 56.0 Å². The highest BCUT2D eigenvalue weighted by molar-refractivity contribution is 6.34. The van der Waals surface area contributed by atoms with Crippen LogP contribution >= 0.6 is 11.6 Å². The molecule has 0 saturated carbocycles. The van der Waals surface area contributed by atoms with Crippen LogP contribution in [0.15, 0.2) is 42.7 Å². The Morgan fingerprint density at radius 1 is 1.20 bits per heavy atom. The fraction of sp³-hybridized carbons (Fsp3) is 0.278. The van der Waals surface area contributed by atoms with Crippen LogP contribution in [0.3, 0.4) is 0 Å². The highest BCUT2D eigenvalue weighted by Gasteiger charge is 2.29. The molecule has 3 heterocycles. The number of aromatic nitrogens is 4. The molecule has 0 saturated heterocycles. The average molecular weight is 356 g/mol. The number of amides is 1. The fourth-order valence-corrected chi connectivity index (χ4v) is 3.29. The van der Waals surface area contributed by atoms with Gasteiger partial charge in [-0.2, -0.15) is 5.10 Å². The zero-order valence-electron chi connectivity index (χ0n) is 13.9. The second-order valence-corrected chi connectivity index (χ2v) is 6.38. The van der Waals surface area contributed by atoms with Crippen LogP contribution in [0.1, 0.15) is 23.8 Å². The van der Waals surface area contributed by atoms with E-state index in [0.717, 1.165) is 24.2 Å². The molecule has 2 aromatic heterocycles. The number of hydrogen-bond acceptors (Lipinski definition) is 3. The Morgan fingerprint density at radius 2 is 2.00 bits per heavy atom. The number of fused-ring (bicyclic) bond motifs is 1. The quantitative estimate of drug-likeness (QED) is 0.722. The molecule has 0 atom stereocenters. The maximum Gasteiger partial charge on any atom is 0.282 e. The summed E-state index contributed by atoms with van der Waals surface area (Å²) in [6.07, 6.45) is 4.55. The zero-order valence-corrected chi connectivity index (χ0v) is 14.6. The highest BCUT2D eigenvalue weighted by Crippen LogP contribution is 2.28. The molecule has 7 heteroatoms. The Balaban J connectivity index is 1.70. The van der Waals surface area contributed by atoms with Gasteiger partial charge < -0.3 is 4.57 Å². The van der Waals surface area contributed by atoms with Gasteiger partial charge in [-0.15, -0.1) is 0 Å². The Hall–Kier alpha value is -2.60. The van der Waals surface area contributed by atoms with Crippen molar-refractivity contribution in [1.29, 1.82) is 0 Å². The SMILES string of the molecule is CCn1cc(Cl)c(C(=O)N2CCCn3cc(-c4ccccc4)nc32)n1. The van der Waals surface area contributed by atoms with Crippen molar-refractivity contribution in [2.24, 2.45) is 0 Å². The normalized spacial score (nSPS) is 13.8. The molecule has 0 radical (unpaired) electrons. The second kappa shape index (κ2) is 6.37. The van der Waals surface area contributed by atoms with Crippen molar-refractivity contribution >= 4 is 23.5 Å². The van der Waals surface area contributed by atoms with Gasteiger partial charge in [-0.3, -0.25) is 14.4 Å². The number of nitrogens with zero attached hydrogens (tertiary/aromatic N) is 5. The van der Waals surface area contributed by atoms with Crippen molar-refractivity contribution < 1.29 is 4.79 Å². The van der Waals surface area contributed by atoms with Gasteiger partial charge in [0, 0.05) is 37.6 Å². The number of benzene rings is 1. The molecule has 3 aromatic rings. The highest BCUT2D eigenvalue weighted by atomic mass is 35.5. The summed E-state index contributed by atoms with van der Waals surface area (Å²) in [5.74, 6) is 0.445. The zero-order chi connectivity index (χ0) is 17.4. The molecule has 1 amide bonds. The van der Waals surface area contributed by atoms with Gasteiger partial charge in [-0.25, -0.2) is 4.98 Å². The molecule has 1 aromatic carbocycles. The number of halogens is 1. The van der Waals surface area contributed by atoms with E-state index in [4.69, 9.17) is 16.6 Å². The van der Waals surface area contributed by atoms with E-state index in [9.17, 15) is 4.79 Å². The van der Waals surface area contributed by atoms with Gasteiger partial charge in [0.05, 0.1) is 10.7 Å². The summed E-state index contributed by atoms with van der Waals surface area (Å²) in [6.45, 7) is 4.08. The predicted molar refractivity (Wildman–Crippen MR) is 96.9 cm³/mol. The predicted octanol–water partition coefficient (Wildman–Crippen LogP) is 3.47. The average Bonchev–Trinajstić information content (AvgIpc) is 3.25. The molecule has 0 aliphatic carbocycles. The smallest absolute Gasteiger partial charge is 0.282 e. The maximum atomic E-state index is 13.0. The summed E-state index contributed by atoms with van der Waals surface area (Å²) in [6, 6.07) is 9.96. The Bertz CT molecular complexity index is 915. The Labute approximate surface area is 150 Å². The molecule has 25 heavy (non-hydrogen) atoms.